The van der Waals surface area contributed by atoms with E-state index in [0.29, 0.717) is 11.4 Å². The second-order valence-electron chi connectivity index (χ2n) is 7.29. The van der Waals surface area contributed by atoms with Crippen LogP contribution < -0.4 is 0 Å². The van der Waals surface area contributed by atoms with Crippen LogP contribution in [0, 0.1) is 0 Å². The quantitative estimate of drug-likeness (QED) is 0.724. The standard InChI is InChI=1S/C21H22ClNO2/c1-21(2,3)25-20(24)19-17(15-10-7-11-16(22)12-15)13-18(23-19)14-8-5-4-6-9-14/h4-12,17,19H,13H2,1-3H3/t17-,19+/m1/s1. The van der Waals surface area contributed by atoms with Gasteiger partial charge in [-0.2, -0.15) is 0 Å². The number of benzene rings is 2. The molecular weight excluding hydrogens is 334 g/mol. The van der Waals surface area contributed by atoms with E-state index in [2.05, 4.69) is 0 Å². The molecule has 0 aliphatic carbocycles. The molecule has 0 bridgehead atoms. The van der Waals surface area contributed by atoms with E-state index in [4.69, 9.17) is 21.3 Å². The molecule has 1 heterocycles. The second kappa shape index (κ2) is 7.01. The number of esters is 1. The van der Waals surface area contributed by atoms with Crippen molar-refractivity contribution < 1.29 is 9.53 Å². The van der Waals surface area contributed by atoms with Gasteiger partial charge in [-0.1, -0.05) is 54.1 Å². The van der Waals surface area contributed by atoms with E-state index in [0.717, 1.165) is 16.8 Å². The highest BCUT2D eigenvalue weighted by molar-refractivity contribution is 6.30. The average Bonchev–Trinajstić information content (AvgIpc) is 3.00. The van der Waals surface area contributed by atoms with Crippen LogP contribution in [0.3, 0.4) is 0 Å². The monoisotopic (exact) mass is 355 g/mol. The number of nitrogens with zero attached hydrogens (tertiary/aromatic N) is 1. The zero-order valence-corrected chi connectivity index (χ0v) is 15.5. The Morgan fingerprint density at radius 3 is 2.48 bits per heavy atom. The third-order valence-corrected chi connectivity index (χ3v) is 4.36. The third kappa shape index (κ3) is 4.29. The van der Waals surface area contributed by atoms with Crippen LogP contribution in [0.15, 0.2) is 59.6 Å². The van der Waals surface area contributed by atoms with Crippen molar-refractivity contribution in [1.82, 2.24) is 0 Å². The average molecular weight is 356 g/mol. The molecule has 0 unspecified atom stereocenters. The van der Waals surface area contributed by atoms with Crippen LogP contribution in [0.2, 0.25) is 5.02 Å². The van der Waals surface area contributed by atoms with Crippen molar-refractivity contribution in [3.63, 3.8) is 0 Å². The fourth-order valence-corrected chi connectivity index (χ4v) is 3.27. The molecule has 0 saturated carbocycles. The maximum Gasteiger partial charge on any atom is 0.332 e. The van der Waals surface area contributed by atoms with E-state index in [1.807, 2.05) is 75.4 Å². The Bertz CT molecular complexity index is 793. The lowest BCUT2D eigenvalue weighted by molar-refractivity contribution is -0.156. The summed E-state index contributed by atoms with van der Waals surface area (Å²) in [5, 5.41) is 0.661. The van der Waals surface area contributed by atoms with Crippen molar-refractivity contribution in [1.29, 1.82) is 0 Å². The van der Waals surface area contributed by atoms with Gasteiger partial charge in [0.05, 0.1) is 0 Å². The van der Waals surface area contributed by atoms with Gasteiger partial charge in [0.15, 0.2) is 6.04 Å². The summed E-state index contributed by atoms with van der Waals surface area (Å²) in [6, 6.07) is 17.1. The van der Waals surface area contributed by atoms with Crippen LogP contribution in [0.4, 0.5) is 0 Å². The van der Waals surface area contributed by atoms with Crippen LogP contribution >= 0.6 is 11.6 Å². The number of aliphatic imine (C=N–C) groups is 1. The molecule has 0 spiro atoms. The number of hydrogen-bond acceptors (Lipinski definition) is 3. The Morgan fingerprint density at radius 2 is 1.84 bits per heavy atom. The fourth-order valence-electron chi connectivity index (χ4n) is 3.07. The van der Waals surface area contributed by atoms with E-state index in [1.165, 1.54) is 0 Å². The van der Waals surface area contributed by atoms with Gasteiger partial charge in [-0.05, 0) is 50.5 Å². The Balaban J connectivity index is 1.95. The number of halogens is 1. The maximum atomic E-state index is 12.7. The SMILES string of the molecule is CC(C)(C)OC(=O)[C@H]1N=C(c2ccccc2)C[C@@H]1c1cccc(Cl)c1. The number of hydrogen-bond donors (Lipinski definition) is 0. The minimum absolute atomic E-state index is 0.0660. The Hall–Kier alpha value is -2.13. The maximum absolute atomic E-state index is 12.7. The first kappa shape index (κ1) is 17.7. The van der Waals surface area contributed by atoms with Crippen LogP contribution in [0.25, 0.3) is 0 Å². The van der Waals surface area contributed by atoms with Gasteiger partial charge < -0.3 is 4.74 Å². The zero-order valence-electron chi connectivity index (χ0n) is 14.7. The van der Waals surface area contributed by atoms with E-state index < -0.39 is 11.6 Å². The topological polar surface area (TPSA) is 38.7 Å². The third-order valence-electron chi connectivity index (χ3n) is 4.12. The van der Waals surface area contributed by atoms with Crippen molar-refractivity contribution in [3.05, 3.63) is 70.7 Å². The molecule has 1 aliphatic heterocycles. The zero-order chi connectivity index (χ0) is 18.0. The van der Waals surface area contributed by atoms with E-state index >= 15 is 0 Å². The van der Waals surface area contributed by atoms with E-state index in [-0.39, 0.29) is 11.9 Å². The van der Waals surface area contributed by atoms with Gasteiger partial charge in [-0.25, -0.2) is 4.79 Å². The lowest BCUT2D eigenvalue weighted by Gasteiger charge is -2.24. The minimum Gasteiger partial charge on any atom is -0.458 e. The van der Waals surface area contributed by atoms with Gasteiger partial charge >= 0.3 is 5.97 Å². The Morgan fingerprint density at radius 1 is 1.12 bits per heavy atom. The summed E-state index contributed by atoms with van der Waals surface area (Å²) in [5.74, 6) is -0.354. The van der Waals surface area contributed by atoms with Crippen molar-refractivity contribution in [3.8, 4) is 0 Å². The molecule has 3 rings (SSSR count). The molecule has 1 aliphatic rings. The Labute approximate surface area is 153 Å². The van der Waals surface area contributed by atoms with Gasteiger partial charge in [0.2, 0.25) is 0 Å². The molecule has 2 atom stereocenters. The van der Waals surface area contributed by atoms with Crippen molar-refractivity contribution in [2.24, 2.45) is 4.99 Å². The first-order chi connectivity index (χ1) is 11.8. The van der Waals surface area contributed by atoms with Crippen molar-refractivity contribution in [2.45, 2.75) is 44.8 Å². The van der Waals surface area contributed by atoms with Crippen molar-refractivity contribution in [2.75, 3.05) is 0 Å². The van der Waals surface area contributed by atoms with Gasteiger partial charge in [-0.15, -0.1) is 0 Å². The summed E-state index contributed by atoms with van der Waals surface area (Å²) in [6.45, 7) is 5.61. The lowest BCUT2D eigenvalue weighted by atomic mass is 9.89. The second-order valence-corrected chi connectivity index (χ2v) is 7.72. The highest BCUT2D eigenvalue weighted by atomic mass is 35.5. The van der Waals surface area contributed by atoms with Crippen molar-refractivity contribution >= 4 is 23.3 Å². The Kier molecular flexibility index (Phi) is 4.96. The molecule has 0 N–H and O–H groups in total. The van der Waals surface area contributed by atoms with E-state index in [1.54, 1.807) is 0 Å². The molecule has 2 aromatic rings. The first-order valence-electron chi connectivity index (χ1n) is 8.44. The molecule has 0 fully saturated rings. The highest BCUT2D eigenvalue weighted by Gasteiger charge is 2.38. The van der Waals surface area contributed by atoms with Crippen LogP contribution in [0.1, 0.15) is 44.2 Å². The fraction of sp³-hybridized carbons (Fsp3) is 0.333. The van der Waals surface area contributed by atoms with Crippen LogP contribution in [-0.4, -0.2) is 23.3 Å². The van der Waals surface area contributed by atoms with Gasteiger partial charge in [0.1, 0.15) is 5.60 Å². The predicted octanol–water partition coefficient (Wildman–Crippen LogP) is 5.03. The molecule has 130 valence electrons. The van der Waals surface area contributed by atoms with Gasteiger partial charge in [-0.3, -0.25) is 4.99 Å². The molecule has 2 aromatic carbocycles. The number of carbonyl (C=O) groups excluding carboxylic acids is 1. The van der Waals surface area contributed by atoms with E-state index in [9.17, 15) is 4.79 Å². The van der Waals surface area contributed by atoms with Gasteiger partial charge in [0.25, 0.3) is 0 Å². The molecule has 0 saturated heterocycles. The van der Waals surface area contributed by atoms with Gasteiger partial charge in [0, 0.05) is 16.7 Å². The normalized spacial score (nSPS) is 20.2. The summed E-state index contributed by atoms with van der Waals surface area (Å²) >= 11 is 6.16. The number of rotatable bonds is 3. The summed E-state index contributed by atoms with van der Waals surface area (Å²) in [4.78, 5) is 17.5. The predicted molar refractivity (Wildman–Crippen MR) is 101 cm³/mol. The minimum atomic E-state index is -0.548. The molecular formula is C21H22ClNO2. The number of ether oxygens (including phenoxy) is 1. The largest absolute Gasteiger partial charge is 0.458 e. The molecule has 3 nitrogen and oxygen atoms in total. The first-order valence-corrected chi connectivity index (χ1v) is 8.82. The smallest absolute Gasteiger partial charge is 0.332 e. The lowest BCUT2D eigenvalue weighted by Crippen LogP contribution is -2.32. The molecule has 0 amide bonds. The molecule has 0 radical (unpaired) electrons. The van der Waals surface area contributed by atoms with Crippen LogP contribution in [-0.2, 0) is 9.53 Å². The number of carbonyl (C=O) groups is 1. The summed E-state index contributed by atoms with van der Waals surface area (Å²) in [6.07, 6.45) is 0.689. The van der Waals surface area contributed by atoms with Crippen LogP contribution in [0.5, 0.6) is 0 Å². The summed E-state index contributed by atoms with van der Waals surface area (Å²) < 4.78 is 5.61. The summed E-state index contributed by atoms with van der Waals surface area (Å²) in [7, 11) is 0. The summed E-state index contributed by atoms with van der Waals surface area (Å²) in [5.41, 5.74) is 2.45. The molecule has 0 aromatic heterocycles. The molecule has 4 heteroatoms. The molecule has 25 heavy (non-hydrogen) atoms. The highest BCUT2D eigenvalue weighted by Crippen LogP contribution is 2.35.